The second-order valence-electron chi connectivity index (χ2n) is 11.3. The summed E-state index contributed by atoms with van der Waals surface area (Å²) < 4.78 is 12.8. The molecular formula is C27H33N7O2S. The molecule has 3 fully saturated rings. The minimum absolute atomic E-state index is 0.268. The van der Waals surface area contributed by atoms with Crippen LogP contribution in [0.2, 0.25) is 0 Å². The first-order chi connectivity index (χ1) is 18.0. The number of aromatic nitrogens is 6. The molecule has 37 heavy (non-hydrogen) atoms. The van der Waals surface area contributed by atoms with E-state index in [1.807, 2.05) is 23.6 Å². The standard InChI is InChI=1S/C27H33N7O2S/c1-16(2)22-23(18-8-20(35-3)25-29-15-30-34(25)10-18)31-32-24(22)26-28-9-21(37-26)17-4-6-19(7-5-17)33-11-27(12-33)13-36-14-27/h8-10,15-17,19H,4-7,11-14H2,1-3H3,(H,31,32). The van der Waals surface area contributed by atoms with Crippen LogP contribution in [0.4, 0.5) is 0 Å². The van der Waals surface area contributed by atoms with E-state index in [1.165, 1.54) is 50.0 Å². The third-order valence-electron chi connectivity index (χ3n) is 8.46. The Morgan fingerprint density at radius 2 is 1.97 bits per heavy atom. The van der Waals surface area contributed by atoms with Crippen molar-refractivity contribution in [3.63, 3.8) is 0 Å². The summed E-state index contributed by atoms with van der Waals surface area (Å²) in [5, 5.41) is 13.4. The molecule has 1 N–H and O–H groups in total. The van der Waals surface area contributed by atoms with Gasteiger partial charge in [-0.05, 0) is 43.6 Å². The highest BCUT2D eigenvalue weighted by atomic mass is 32.1. The lowest BCUT2D eigenvalue weighted by Gasteiger charge is -2.58. The fraction of sp³-hybridized carbons (Fsp3) is 0.556. The lowest BCUT2D eigenvalue weighted by molar-refractivity contribution is -0.200. The zero-order chi connectivity index (χ0) is 25.1. The number of thiazole rings is 1. The van der Waals surface area contributed by atoms with E-state index in [1.54, 1.807) is 11.6 Å². The van der Waals surface area contributed by atoms with Crippen LogP contribution in [-0.2, 0) is 4.74 Å². The molecule has 4 aromatic rings. The molecule has 0 bridgehead atoms. The van der Waals surface area contributed by atoms with Gasteiger partial charge in [0.15, 0.2) is 11.4 Å². The van der Waals surface area contributed by atoms with Gasteiger partial charge in [-0.25, -0.2) is 14.5 Å². The van der Waals surface area contributed by atoms with Crippen molar-refractivity contribution in [1.29, 1.82) is 0 Å². The maximum atomic E-state index is 5.58. The van der Waals surface area contributed by atoms with Crippen LogP contribution in [0.15, 0.2) is 24.8 Å². The van der Waals surface area contributed by atoms with E-state index in [4.69, 9.17) is 19.6 Å². The fourth-order valence-corrected chi connectivity index (χ4v) is 7.53. The lowest BCUT2D eigenvalue weighted by atomic mass is 9.74. The van der Waals surface area contributed by atoms with Crippen molar-refractivity contribution < 1.29 is 9.47 Å². The fourth-order valence-electron chi connectivity index (χ4n) is 6.43. The zero-order valence-corrected chi connectivity index (χ0v) is 22.4. The number of rotatable bonds is 6. The summed E-state index contributed by atoms with van der Waals surface area (Å²) in [6.45, 7) is 8.83. The van der Waals surface area contributed by atoms with Crippen molar-refractivity contribution in [1.82, 2.24) is 34.7 Å². The number of aromatic amines is 1. The summed E-state index contributed by atoms with van der Waals surface area (Å²) in [5.74, 6) is 1.55. The molecule has 0 atom stereocenters. The van der Waals surface area contributed by atoms with E-state index in [-0.39, 0.29) is 5.92 Å². The number of methoxy groups -OCH3 is 1. The van der Waals surface area contributed by atoms with E-state index >= 15 is 0 Å². The first kappa shape index (κ1) is 23.3. The Kier molecular flexibility index (Phi) is 5.60. The SMILES string of the molecule is COc1cc(-c2n[nH]c(-c3ncc(C4CCC(N5CC6(COC6)C5)CC4)s3)c2C(C)C)cn2ncnc12. The number of ether oxygens (including phenoxy) is 2. The van der Waals surface area contributed by atoms with E-state index in [9.17, 15) is 0 Å². The molecule has 0 radical (unpaired) electrons. The summed E-state index contributed by atoms with van der Waals surface area (Å²) in [5.41, 5.74) is 5.23. The van der Waals surface area contributed by atoms with Crippen molar-refractivity contribution in [3.05, 3.63) is 35.2 Å². The Balaban J connectivity index is 1.11. The minimum Gasteiger partial charge on any atom is -0.493 e. The van der Waals surface area contributed by atoms with Crippen LogP contribution in [-0.4, -0.2) is 74.1 Å². The van der Waals surface area contributed by atoms with Gasteiger partial charge in [0.05, 0.1) is 31.7 Å². The number of nitrogens with one attached hydrogen (secondary N) is 1. The second-order valence-corrected chi connectivity index (χ2v) is 12.4. The van der Waals surface area contributed by atoms with Crippen LogP contribution >= 0.6 is 11.3 Å². The van der Waals surface area contributed by atoms with Gasteiger partial charge in [0, 0.05) is 52.9 Å². The van der Waals surface area contributed by atoms with Crippen LogP contribution in [0.3, 0.4) is 0 Å². The predicted molar refractivity (Wildman–Crippen MR) is 142 cm³/mol. The molecule has 7 rings (SSSR count). The van der Waals surface area contributed by atoms with Crippen LogP contribution in [0.5, 0.6) is 5.75 Å². The lowest BCUT2D eigenvalue weighted by Crippen LogP contribution is -2.68. The van der Waals surface area contributed by atoms with Crippen molar-refractivity contribution in [3.8, 4) is 27.7 Å². The number of hydrogen-bond donors (Lipinski definition) is 1. The predicted octanol–water partition coefficient (Wildman–Crippen LogP) is 4.73. The molecule has 2 saturated heterocycles. The molecule has 1 saturated carbocycles. The highest BCUT2D eigenvalue weighted by Gasteiger charge is 2.50. The first-order valence-corrected chi connectivity index (χ1v) is 14.1. The van der Waals surface area contributed by atoms with E-state index in [0.29, 0.717) is 22.7 Å². The Morgan fingerprint density at radius 3 is 2.68 bits per heavy atom. The van der Waals surface area contributed by atoms with Crippen LogP contribution in [0.25, 0.3) is 27.6 Å². The quantitative estimate of drug-likeness (QED) is 0.393. The van der Waals surface area contributed by atoms with Gasteiger partial charge in [-0.3, -0.25) is 10.00 Å². The van der Waals surface area contributed by atoms with E-state index in [2.05, 4.69) is 40.1 Å². The molecule has 1 spiro atoms. The smallest absolute Gasteiger partial charge is 0.197 e. The number of pyridine rings is 1. The Hall–Kier alpha value is -2.82. The highest BCUT2D eigenvalue weighted by Crippen LogP contribution is 2.45. The third-order valence-corrected chi connectivity index (χ3v) is 9.64. The minimum atomic E-state index is 0.268. The monoisotopic (exact) mass is 519 g/mol. The maximum absolute atomic E-state index is 5.58. The summed E-state index contributed by atoms with van der Waals surface area (Å²) in [6, 6.07) is 2.73. The summed E-state index contributed by atoms with van der Waals surface area (Å²) in [7, 11) is 1.65. The molecule has 2 aliphatic heterocycles. The first-order valence-electron chi connectivity index (χ1n) is 13.3. The topological polar surface area (TPSA) is 93.5 Å². The number of fused-ring (bicyclic) bond motifs is 1. The van der Waals surface area contributed by atoms with Crippen LogP contribution in [0, 0.1) is 5.41 Å². The number of nitrogens with zero attached hydrogens (tertiary/aromatic N) is 6. The summed E-state index contributed by atoms with van der Waals surface area (Å²) in [6.07, 6.45) is 10.7. The zero-order valence-electron chi connectivity index (χ0n) is 21.6. The van der Waals surface area contributed by atoms with E-state index < -0.39 is 0 Å². The van der Waals surface area contributed by atoms with Gasteiger partial charge in [-0.15, -0.1) is 11.3 Å². The van der Waals surface area contributed by atoms with Gasteiger partial charge in [0.2, 0.25) is 0 Å². The Bertz CT molecular complexity index is 1420. The third kappa shape index (κ3) is 3.88. The number of hydrogen-bond acceptors (Lipinski definition) is 8. The molecule has 194 valence electrons. The molecule has 1 aliphatic carbocycles. The van der Waals surface area contributed by atoms with Gasteiger partial charge < -0.3 is 9.47 Å². The molecule has 9 nitrogen and oxygen atoms in total. The van der Waals surface area contributed by atoms with Gasteiger partial charge in [0.1, 0.15) is 11.3 Å². The average molecular weight is 520 g/mol. The van der Waals surface area contributed by atoms with Gasteiger partial charge in [0.25, 0.3) is 0 Å². The summed E-state index contributed by atoms with van der Waals surface area (Å²) >= 11 is 1.82. The van der Waals surface area contributed by atoms with Crippen molar-refractivity contribution >= 4 is 17.0 Å². The van der Waals surface area contributed by atoms with Gasteiger partial charge >= 0.3 is 0 Å². The molecule has 4 aromatic heterocycles. The van der Waals surface area contributed by atoms with Crippen LogP contribution in [0.1, 0.15) is 61.8 Å². The molecular weight excluding hydrogens is 486 g/mol. The average Bonchev–Trinajstić information content (AvgIpc) is 3.61. The Labute approximate surface area is 220 Å². The molecule has 0 amide bonds. The summed E-state index contributed by atoms with van der Waals surface area (Å²) in [4.78, 5) is 13.3. The molecule has 0 aromatic carbocycles. The Morgan fingerprint density at radius 1 is 1.16 bits per heavy atom. The van der Waals surface area contributed by atoms with Crippen molar-refractivity contribution in [2.75, 3.05) is 33.4 Å². The van der Waals surface area contributed by atoms with Crippen LogP contribution < -0.4 is 4.74 Å². The highest BCUT2D eigenvalue weighted by molar-refractivity contribution is 7.15. The molecule has 3 aliphatic rings. The van der Waals surface area contributed by atoms with Crippen molar-refractivity contribution in [2.45, 2.75) is 57.4 Å². The molecule has 10 heteroatoms. The van der Waals surface area contributed by atoms with Gasteiger partial charge in [-0.2, -0.15) is 10.2 Å². The largest absolute Gasteiger partial charge is 0.493 e. The number of H-pyrrole nitrogens is 1. The van der Waals surface area contributed by atoms with Crippen molar-refractivity contribution in [2.24, 2.45) is 5.41 Å². The van der Waals surface area contributed by atoms with Gasteiger partial charge in [-0.1, -0.05) is 13.8 Å². The van der Waals surface area contributed by atoms with E-state index in [0.717, 1.165) is 46.8 Å². The normalized spacial score (nSPS) is 23.5. The molecule has 0 unspecified atom stereocenters. The number of likely N-dealkylation sites (tertiary alicyclic amines) is 1. The molecule has 6 heterocycles. The maximum Gasteiger partial charge on any atom is 0.197 e. The second kappa shape index (κ2) is 8.89.